The van der Waals surface area contributed by atoms with Gasteiger partial charge in [-0.3, -0.25) is 14.4 Å². The van der Waals surface area contributed by atoms with Gasteiger partial charge in [0.1, 0.15) is 13.2 Å². The van der Waals surface area contributed by atoms with Crippen LogP contribution in [0.3, 0.4) is 0 Å². The molecule has 77 heavy (non-hydrogen) atoms. The van der Waals surface area contributed by atoms with Crippen molar-refractivity contribution in [3.05, 3.63) is 36.5 Å². The molecule has 0 aromatic heterocycles. The van der Waals surface area contributed by atoms with E-state index in [1.165, 1.54) is 270 Å². The molecule has 0 radical (unpaired) electrons. The molecule has 1 unspecified atom stereocenters. The van der Waals surface area contributed by atoms with Gasteiger partial charge in [-0.05, 0) is 57.8 Å². The SMILES string of the molecule is CCCCCCC/C=C\C/C=C\C/C=C\CCCCCCCCCCCCCCCCCCC(=O)OCC(COC(=O)CCCCCCCCC)OC(=O)CCCCCCCCCCCCCCCCCCCCCCC. The van der Waals surface area contributed by atoms with Crippen LogP contribution in [0, 0.1) is 0 Å². The predicted octanol–water partition coefficient (Wildman–Crippen LogP) is 23.6. The van der Waals surface area contributed by atoms with Crippen LogP contribution in [0.25, 0.3) is 0 Å². The third-order valence-electron chi connectivity index (χ3n) is 15.6. The van der Waals surface area contributed by atoms with E-state index in [9.17, 15) is 14.4 Å². The minimum atomic E-state index is -0.766. The van der Waals surface area contributed by atoms with Crippen molar-refractivity contribution < 1.29 is 28.6 Å². The summed E-state index contributed by atoms with van der Waals surface area (Å²) in [7, 11) is 0. The van der Waals surface area contributed by atoms with Crippen LogP contribution in [0.2, 0.25) is 0 Å². The molecule has 1 atom stereocenters. The van der Waals surface area contributed by atoms with Crippen molar-refractivity contribution in [3.63, 3.8) is 0 Å². The van der Waals surface area contributed by atoms with Gasteiger partial charge in [0.15, 0.2) is 6.10 Å². The predicted molar refractivity (Wildman–Crippen MR) is 335 cm³/mol. The van der Waals surface area contributed by atoms with Crippen LogP contribution in [-0.4, -0.2) is 37.2 Å². The first-order chi connectivity index (χ1) is 38.0. The third-order valence-corrected chi connectivity index (χ3v) is 15.6. The lowest BCUT2D eigenvalue weighted by atomic mass is 10.0. The van der Waals surface area contributed by atoms with E-state index >= 15 is 0 Å². The summed E-state index contributed by atoms with van der Waals surface area (Å²) in [4.78, 5) is 38.1. The average Bonchev–Trinajstić information content (AvgIpc) is 3.43. The highest BCUT2D eigenvalue weighted by Crippen LogP contribution is 2.18. The number of hydrogen-bond acceptors (Lipinski definition) is 6. The molecule has 0 rings (SSSR count). The second kappa shape index (κ2) is 66.1. The van der Waals surface area contributed by atoms with Crippen molar-refractivity contribution in [2.45, 2.75) is 386 Å². The fraction of sp³-hybridized carbons (Fsp3) is 0.873. The Labute approximate surface area is 480 Å². The Morgan fingerprint density at radius 2 is 0.468 bits per heavy atom. The maximum atomic E-state index is 12.9. The molecule has 452 valence electrons. The van der Waals surface area contributed by atoms with Gasteiger partial charge in [0.25, 0.3) is 0 Å². The molecule has 0 aliphatic carbocycles. The molecule has 0 bridgehead atoms. The number of esters is 3. The second-order valence-corrected chi connectivity index (χ2v) is 23.5. The van der Waals surface area contributed by atoms with Crippen LogP contribution < -0.4 is 0 Å². The van der Waals surface area contributed by atoms with Gasteiger partial charge in [0.2, 0.25) is 0 Å². The number of carbonyl (C=O) groups is 3. The minimum Gasteiger partial charge on any atom is -0.462 e. The van der Waals surface area contributed by atoms with Gasteiger partial charge in [0, 0.05) is 19.3 Å². The lowest BCUT2D eigenvalue weighted by Crippen LogP contribution is -2.30. The second-order valence-electron chi connectivity index (χ2n) is 23.5. The number of unbranched alkanes of at least 4 members (excludes halogenated alkanes) is 47. The average molecular weight is 1080 g/mol. The molecule has 0 aromatic rings. The number of rotatable bonds is 64. The van der Waals surface area contributed by atoms with E-state index in [1.807, 2.05) is 0 Å². The Kier molecular flexibility index (Phi) is 64.1. The molecule has 0 N–H and O–H groups in total. The maximum Gasteiger partial charge on any atom is 0.306 e. The minimum absolute atomic E-state index is 0.0661. The zero-order chi connectivity index (χ0) is 55.7. The van der Waals surface area contributed by atoms with Crippen LogP contribution in [0.1, 0.15) is 380 Å². The first-order valence-corrected chi connectivity index (χ1v) is 34.5. The van der Waals surface area contributed by atoms with E-state index in [1.54, 1.807) is 0 Å². The van der Waals surface area contributed by atoms with Crippen molar-refractivity contribution in [1.82, 2.24) is 0 Å². The van der Waals surface area contributed by atoms with Crippen molar-refractivity contribution >= 4 is 17.9 Å². The van der Waals surface area contributed by atoms with Gasteiger partial charge >= 0.3 is 17.9 Å². The number of carbonyl (C=O) groups excluding carboxylic acids is 3. The maximum absolute atomic E-state index is 12.9. The number of allylic oxidation sites excluding steroid dienone is 6. The summed E-state index contributed by atoms with van der Waals surface area (Å²) in [6.07, 6.45) is 82.0. The topological polar surface area (TPSA) is 78.9 Å². The molecular weight excluding hydrogens is 949 g/mol. The van der Waals surface area contributed by atoms with Gasteiger partial charge < -0.3 is 14.2 Å². The number of ether oxygens (including phenoxy) is 3. The molecule has 0 saturated carbocycles. The molecule has 6 heteroatoms. The van der Waals surface area contributed by atoms with Crippen molar-refractivity contribution in [2.24, 2.45) is 0 Å². The highest BCUT2D eigenvalue weighted by Gasteiger charge is 2.19. The van der Waals surface area contributed by atoms with E-state index in [4.69, 9.17) is 14.2 Å². The highest BCUT2D eigenvalue weighted by molar-refractivity contribution is 5.71. The van der Waals surface area contributed by atoms with Gasteiger partial charge in [-0.2, -0.15) is 0 Å². The Hall–Kier alpha value is -2.37. The Morgan fingerprint density at radius 1 is 0.260 bits per heavy atom. The normalized spacial score (nSPS) is 12.2. The summed E-state index contributed by atoms with van der Waals surface area (Å²) in [6.45, 7) is 6.65. The molecule has 0 amide bonds. The number of hydrogen-bond donors (Lipinski definition) is 0. The monoisotopic (exact) mass is 1080 g/mol. The van der Waals surface area contributed by atoms with Crippen molar-refractivity contribution in [1.29, 1.82) is 0 Å². The lowest BCUT2D eigenvalue weighted by molar-refractivity contribution is -0.167. The van der Waals surface area contributed by atoms with E-state index in [-0.39, 0.29) is 31.1 Å². The molecule has 0 fully saturated rings. The fourth-order valence-electron chi connectivity index (χ4n) is 10.5. The Bertz CT molecular complexity index is 1290. The molecule has 6 nitrogen and oxygen atoms in total. The van der Waals surface area contributed by atoms with E-state index < -0.39 is 6.10 Å². The Morgan fingerprint density at radius 3 is 0.727 bits per heavy atom. The van der Waals surface area contributed by atoms with Gasteiger partial charge in [-0.1, -0.05) is 340 Å². The van der Waals surface area contributed by atoms with E-state index in [0.29, 0.717) is 19.3 Å². The molecule has 0 aliphatic heterocycles. The van der Waals surface area contributed by atoms with Crippen molar-refractivity contribution in [3.8, 4) is 0 Å². The first-order valence-electron chi connectivity index (χ1n) is 34.5. The van der Waals surface area contributed by atoms with Gasteiger partial charge in [-0.15, -0.1) is 0 Å². The van der Waals surface area contributed by atoms with Gasteiger partial charge in [-0.25, -0.2) is 0 Å². The summed E-state index contributed by atoms with van der Waals surface area (Å²) in [5.41, 5.74) is 0. The first kappa shape index (κ1) is 74.6. The zero-order valence-electron chi connectivity index (χ0n) is 52.0. The van der Waals surface area contributed by atoms with Crippen LogP contribution in [0.4, 0.5) is 0 Å². The van der Waals surface area contributed by atoms with E-state index in [0.717, 1.165) is 70.6 Å². The van der Waals surface area contributed by atoms with Gasteiger partial charge in [0.05, 0.1) is 0 Å². The molecule has 0 aliphatic rings. The van der Waals surface area contributed by atoms with Crippen LogP contribution in [-0.2, 0) is 28.6 Å². The quantitative estimate of drug-likeness (QED) is 0.0261. The molecular formula is C71H132O6. The lowest BCUT2D eigenvalue weighted by Gasteiger charge is -2.18. The summed E-state index contributed by atoms with van der Waals surface area (Å²) in [5, 5.41) is 0. The molecule has 0 aromatic carbocycles. The third kappa shape index (κ3) is 64.3. The standard InChI is InChI=1S/C71H132O6/c1-4-7-10-13-16-18-20-22-24-26-28-30-31-32-33-34-35-36-37-38-39-41-42-44-46-48-50-52-55-58-61-64-70(73)76-67-68(66-75-69(72)63-60-57-54-15-12-9-6-3)77-71(74)65-62-59-56-53-51-49-47-45-43-40-29-27-25-23-21-19-17-14-11-8-5-2/h20,22,26,28,31-32,68H,4-19,21,23-25,27,29-30,33-67H2,1-3H3/b22-20-,28-26-,32-31-. The summed E-state index contributed by atoms with van der Waals surface area (Å²) >= 11 is 0. The molecule has 0 spiro atoms. The summed E-state index contributed by atoms with van der Waals surface area (Å²) in [5.74, 6) is -0.846. The summed E-state index contributed by atoms with van der Waals surface area (Å²) < 4.78 is 16.9. The smallest absolute Gasteiger partial charge is 0.306 e. The fourth-order valence-corrected chi connectivity index (χ4v) is 10.5. The Balaban J connectivity index is 4.01. The zero-order valence-corrected chi connectivity index (χ0v) is 52.0. The van der Waals surface area contributed by atoms with Crippen LogP contribution >= 0.6 is 0 Å². The van der Waals surface area contributed by atoms with Crippen LogP contribution in [0.15, 0.2) is 36.5 Å². The summed E-state index contributed by atoms with van der Waals surface area (Å²) in [6, 6.07) is 0. The largest absolute Gasteiger partial charge is 0.462 e. The molecule has 0 heterocycles. The van der Waals surface area contributed by atoms with Crippen LogP contribution in [0.5, 0.6) is 0 Å². The van der Waals surface area contributed by atoms with E-state index in [2.05, 4.69) is 57.2 Å². The molecule has 0 saturated heterocycles. The highest BCUT2D eigenvalue weighted by atomic mass is 16.6. The van der Waals surface area contributed by atoms with Crippen molar-refractivity contribution in [2.75, 3.05) is 13.2 Å².